The van der Waals surface area contributed by atoms with Gasteiger partial charge in [0.15, 0.2) is 0 Å². The fourth-order valence-electron chi connectivity index (χ4n) is 2.85. The van der Waals surface area contributed by atoms with Crippen LogP contribution in [-0.4, -0.2) is 41.9 Å². The minimum absolute atomic E-state index is 0.155. The Bertz CT molecular complexity index is 797. The van der Waals surface area contributed by atoms with Gasteiger partial charge in [0.1, 0.15) is 5.75 Å². The summed E-state index contributed by atoms with van der Waals surface area (Å²) in [5.74, 6) is -0.933. The molecule has 28 heavy (non-hydrogen) atoms. The van der Waals surface area contributed by atoms with E-state index >= 15 is 0 Å². The molecule has 2 atom stereocenters. The van der Waals surface area contributed by atoms with Gasteiger partial charge in [-0.2, -0.15) is 0 Å². The van der Waals surface area contributed by atoms with Gasteiger partial charge in [-0.15, -0.1) is 0 Å². The van der Waals surface area contributed by atoms with E-state index < -0.39 is 17.9 Å². The van der Waals surface area contributed by atoms with Crippen LogP contribution in [0.25, 0.3) is 0 Å². The van der Waals surface area contributed by atoms with Gasteiger partial charge in [0, 0.05) is 16.0 Å². The molecule has 2 aromatic rings. The summed E-state index contributed by atoms with van der Waals surface area (Å²) < 4.78 is 6.03. The Kier molecular flexibility index (Phi) is 8.43. The van der Waals surface area contributed by atoms with Crippen LogP contribution in [0.15, 0.2) is 53.0 Å². The maximum absolute atomic E-state index is 12.4. The van der Waals surface area contributed by atoms with Gasteiger partial charge in [-0.1, -0.05) is 28.1 Å². The lowest BCUT2D eigenvalue weighted by molar-refractivity contribution is -0.133. The number of halogens is 1. The molecule has 0 bridgehead atoms. The SMILES string of the molecule is COc1cccc(CC(CC(CO)NC(=O)c2ccc(Br)cc2)C(=O)NO)c1. The number of benzene rings is 2. The summed E-state index contributed by atoms with van der Waals surface area (Å²) in [6.07, 6.45) is 0.469. The van der Waals surface area contributed by atoms with Crippen molar-refractivity contribution in [3.8, 4) is 5.75 Å². The smallest absolute Gasteiger partial charge is 0.251 e. The van der Waals surface area contributed by atoms with E-state index in [9.17, 15) is 14.7 Å². The first kappa shape index (κ1) is 21.9. The Hall–Kier alpha value is -2.42. The Balaban J connectivity index is 2.08. The molecule has 4 N–H and O–H groups in total. The fourth-order valence-corrected chi connectivity index (χ4v) is 3.12. The lowest BCUT2D eigenvalue weighted by Crippen LogP contribution is -2.42. The number of nitrogens with one attached hydrogen (secondary N) is 2. The molecule has 0 saturated heterocycles. The molecule has 0 aromatic heterocycles. The van der Waals surface area contributed by atoms with E-state index in [0.29, 0.717) is 17.7 Å². The molecule has 2 amide bonds. The van der Waals surface area contributed by atoms with Gasteiger partial charge in [-0.3, -0.25) is 14.8 Å². The third-order valence-corrected chi connectivity index (χ3v) is 4.86. The highest BCUT2D eigenvalue weighted by Crippen LogP contribution is 2.19. The second-order valence-electron chi connectivity index (χ2n) is 6.32. The van der Waals surface area contributed by atoms with Gasteiger partial charge in [0.05, 0.1) is 19.8 Å². The van der Waals surface area contributed by atoms with Crippen LogP contribution < -0.4 is 15.5 Å². The maximum Gasteiger partial charge on any atom is 0.251 e. The highest BCUT2D eigenvalue weighted by molar-refractivity contribution is 9.10. The van der Waals surface area contributed by atoms with Crippen molar-refractivity contribution in [3.05, 3.63) is 64.1 Å². The quantitative estimate of drug-likeness (QED) is 0.346. The number of carbonyl (C=O) groups is 2. The van der Waals surface area contributed by atoms with Gasteiger partial charge in [0.2, 0.25) is 5.91 Å². The van der Waals surface area contributed by atoms with E-state index in [1.807, 2.05) is 6.07 Å². The fraction of sp³-hybridized carbons (Fsp3) is 0.300. The van der Waals surface area contributed by atoms with Crippen molar-refractivity contribution in [2.75, 3.05) is 13.7 Å². The number of hydrogen-bond donors (Lipinski definition) is 4. The molecule has 0 spiro atoms. The van der Waals surface area contributed by atoms with Crippen LogP contribution in [0.3, 0.4) is 0 Å². The van der Waals surface area contributed by atoms with Crippen LogP contribution in [0, 0.1) is 5.92 Å². The zero-order chi connectivity index (χ0) is 20.5. The number of carbonyl (C=O) groups excluding carboxylic acids is 2. The topological polar surface area (TPSA) is 108 Å². The van der Waals surface area contributed by atoms with E-state index in [-0.39, 0.29) is 18.9 Å². The van der Waals surface area contributed by atoms with Crippen LogP contribution in [0.5, 0.6) is 5.75 Å². The van der Waals surface area contributed by atoms with E-state index in [2.05, 4.69) is 21.2 Å². The van der Waals surface area contributed by atoms with Crippen molar-refractivity contribution in [1.29, 1.82) is 0 Å². The highest BCUT2D eigenvalue weighted by Gasteiger charge is 2.24. The molecule has 0 aliphatic rings. The monoisotopic (exact) mass is 450 g/mol. The first-order valence-corrected chi connectivity index (χ1v) is 9.50. The van der Waals surface area contributed by atoms with Gasteiger partial charge in [-0.05, 0) is 54.8 Å². The van der Waals surface area contributed by atoms with Crippen LogP contribution in [-0.2, 0) is 11.2 Å². The summed E-state index contributed by atoms with van der Waals surface area (Å²) >= 11 is 3.31. The van der Waals surface area contributed by atoms with Crippen molar-refractivity contribution in [2.45, 2.75) is 18.9 Å². The van der Waals surface area contributed by atoms with E-state index in [1.165, 1.54) is 0 Å². The number of aliphatic hydroxyl groups excluding tert-OH is 1. The number of amides is 2. The molecule has 0 saturated carbocycles. The molecule has 2 unspecified atom stereocenters. The first-order valence-electron chi connectivity index (χ1n) is 8.71. The van der Waals surface area contributed by atoms with Crippen molar-refractivity contribution < 1.29 is 24.6 Å². The zero-order valence-corrected chi connectivity index (χ0v) is 17.0. The molecule has 2 aromatic carbocycles. The largest absolute Gasteiger partial charge is 0.497 e. The van der Waals surface area contributed by atoms with Crippen LogP contribution >= 0.6 is 15.9 Å². The van der Waals surface area contributed by atoms with Gasteiger partial charge < -0.3 is 15.2 Å². The third-order valence-electron chi connectivity index (χ3n) is 4.33. The zero-order valence-electron chi connectivity index (χ0n) is 15.4. The van der Waals surface area contributed by atoms with Crippen LogP contribution in [0.4, 0.5) is 0 Å². The van der Waals surface area contributed by atoms with Crippen molar-refractivity contribution in [3.63, 3.8) is 0 Å². The Morgan fingerprint density at radius 2 is 1.89 bits per heavy atom. The van der Waals surface area contributed by atoms with Crippen molar-refractivity contribution >= 4 is 27.7 Å². The minimum atomic E-state index is -0.653. The summed E-state index contributed by atoms with van der Waals surface area (Å²) in [5.41, 5.74) is 2.94. The van der Waals surface area contributed by atoms with E-state index in [4.69, 9.17) is 9.94 Å². The Labute approximate surface area is 171 Å². The number of hydroxylamine groups is 1. The first-order chi connectivity index (χ1) is 13.5. The van der Waals surface area contributed by atoms with Gasteiger partial charge in [0.25, 0.3) is 5.91 Å². The van der Waals surface area contributed by atoms with Crippen LogP contribution in [0.2, 0.25) is 0 Å². The van der Waals surface area contributed by atoms with E-state index in [1.54, 1.807) is 55.1 Å². The molecule has 2 rings (SSSR count). The molecule has 0 radical (unpaired) electrons. The predicted molar refractivity (Wildman–Crippen MR) is 107 cm³/mol. The highest BCUT2D eigenvalue weighted by atomic mass is 79.9. The second-order valence-corrected chi connectivity index (χ2v) is 7.24. The van der Waals surface area contributed by atoms with Crippen LogP contribution in [0.1, 0.15) is 22.3 Å². The molecule has 0 aliphatic heterocycles. The number of methoxy groups -OCH3 is 1. The maximum atomic E-state index is 12.4. The normalized spacial score (nSPS) is 12.7. The average molecular weight is 451 g/mol. The molecule has 150 valence electrons. The average Bonchev–Trinajstić information content (AvgIpc) is 2.72. The molecule has 0 fully saturated rings. The Morgan fingerprint density at radius 1 is 1.18 bits per heavy atom. The molecule has 7 nitrogen and oxygen atoms in total. The van der Waals surface area contributed by atoms with Gasteiger partial charge in [-0.25, -0.2) is 5.48 Å². The van der Waals surface area contributed by atoms with Gasteiger partial charge >= 0.3 is 0 Å². The molecular weight excluding hydrogens is 428 g/mol. The molecule has 0 aliphatic carbocycles. The third kappa shape index (κ3) is 6.33. The molecule has 0 heterocycles. The lowest BCUT2D eigenvalue weighted by atomic mass is 9.92. The molecular formula is C20H23BrN2O5. The number of rotatable bonds is 9. The molecule has 8 heteroatoms. The summed E-state index contributed by atoms with van der Waals surface area (Å²) in [7, 11) is 1.55. The predicted octanol–water partition coefficient (Wildman–Crippen LogP) is 2.30. The van der Waals surface area contributed by atoms with Crippen molar-refractivity contribution in [1.82, 2.24) is 10.8 Å². The lowest BCUT2D eigenvalue weighted by Gasteiger charge is -2.22. The number of aliphatic hydroxyl groups is 1. The summed E-state index contributed by atoms with van der Waals surface area (Å²) in [4.78, 5) is 24.5. The summed E-state index contributed by atoms with van der Waals surface area (Å²) in [6.45, 7) is -0.338. The number of ether oxygens (including phenoxy) is 1. The summed E-state index contributed by atoms with van der Waals surface area (Å²) in [5, 5.41) is 21.5. The van der Waals surface area contributed by atoms with Crippen molar-refractivity contribution in [2.24, 2.45) is 5.92 Å². The Morgan fingerprint density at radius 3 is 2.50 bits per heavy atom. The van der Waals surface area contributed by atoms with E-state index in [0.717, 1.165) is 10.0 Å². The second kappa shape index (κ2) is 10.8. The standard InChI is InChI=1S/C20H23BrN2O5/c1-28-18-4-2-3-13(10-18)9-15(20(26)23-27)11-17(12-24)22-19(25)14-5-7-16(21)8-6-14/h2-8,10,15,17,24,27H,9,11-12H2,1H3,(H,22,25)(H,23,26). The summed E-state index contributed by atoms with van der Waals surface area (Å²) in [6, 6.07) is 13.4. The number of hydrogen-bond acceptors (Lipinski definition) is 5. The minimum Gasteiger partial charge on any atom is -0.497 e.